The molecule has 5 nitrogen and oxygen atoms in total. The number of anilines is 1. The van der Waals surface area contributed by atoms with Crippen LogP contribution in [0.25, 0.3) is 0 Å². The van der Waals surface area contributed by atoms with Crippen LogP contribution in [0.1, 0.15) is 32.9 Å². The predicted molar refractivity (Wildman–Crippen MR) is 83.0 cm³/mol. The number of thiazole rings is 1. The summed E-state index contributed by atoms with van der Waals surface area (Å²) in [5.74, 6) is 0. The normalized spacial score (nSPS) is 11.3. The Bertz CT molecular complexity index is 433. The van der Waals surface area contributed by atoms with E-state index in [1.165, 1.54) is 0 Å². The third-order valence-corrected chi connectivity index (χ3v) is 3.62. The monoisotopic (exact) mass is 296 g/mol. The Hall–Kier alpha value is -1.16. The van der Waals surface area contributed by atoms with Crippen LogP contribution in [0.5, 0.6) is 0 Å². The van der Waals surface area contributed by atoms with Gasteiger partial charge in [0.15, 0.2) is 5.13 Å². The van der Waals surface area contributed by atoms with Crippen molar-refractivity contribution in [2.45, 2.75) is 39.3 Å². The van der Waals surface area contributed by atoms with Crippen molar-refractivity contribution in [1.82, 2.24) is 10.3 Å². The van der Waals surface area contributed by atoms with Crippen molar-refractivity contribution >= 4 is 16.5 Å². The fourth-order valence-electron chi connectivity index (χ4n) is 1.57. The van der Waals surface area contributed by atoms with E-state index in [-0.39, 0.29) is 5.54 Å². The number of aromatic nitrogens is 1. The second kappa shape index (κ2) is 8.20. The Kier molecular flexibility index (Phi) is 6.93. The zero-order valence-electron chi connectivity index (χ0n) is 12.8. The molecule has 0 aromatic carbocycles. The summed E-state index contributed by atoms with van der Waals surface area (Å²) in [6.07, 6.45) is 0.499. The van der Waals surface area contributed by atoms with Crippen molar-refractivity contribution in [2.24, 2.45) is 0 Å². The van der Waals surface area contributed by atoms with Crippen LogP contribution in [-0.2, 0) is 11.3 Å². The third kappa shape index (κ3) is 6.33. The van der Waals surface area contributed by atoms with E-state index in [1.807, 2.05) is 0 Å². The van der Waals surface area contributed by atoms with Crippen LogP contribution in [0, 0.1) is 11.3 Å². The van der Waals surface area contributed by atoms with E-state index in [2.05, 4.69) is 47.4 Å². The summed E-state index contributed by atoms with van der Waals surface area (Å²) in [5.41, 5.74) is 1.12. The summed E-state index contributed by atoms with van der Waals surface area (Å²) in [4.78, 5) is 6.75. The molecular weight excluding hydrogens is 272 g/mol. The molecule has 0 aliphatic heterocycles. The maximum atomic E-state index is 8.73. The zero-order valence-corrected chi connectivity index (χ0v) is 13.6. The number of nitrogens with one attached hydrogen (secondary N) is 1. The van der Waals surface area contributed by atoms with Gasteiger partial charge in [-0.05, 0) is 20.8 Å². The fraction of sp³-hybridized carbons (Fsp3) is 0.714. The van der Waals surface area contributed by atoms with Crippen molar-refractivity contribution in [2.75, 3.05) is 31.7 Å². The smallest absolute Gasteiger partial charge is 0.185 e. The van der Waals surface area contributed by atoms with Gasteiger partial charge in [-0.15, -0.1) is 11.3 Å². The van der Waals surface area contributed by atoms with Gasteiger partial charge >= 0.3 is 0 Å². The molecule has 0 fully saturated rings. The second-order valence-electron chi connectivity index (χ2n) is 5.61. The van der Waals surface area contributed by atoms with Gasteiger partial charge in [0.25, 0.3) is 0 Å². The van der Waals surface area contributed by atoms with Crippen molar-refractivity contribution in [3.05, 3.63) is 11.1 Å². The quantitative estimate of drug-likeness (QED) is 0.798. The number of methoxy groups -OCH3 is 1. The molecule has 0 radical (unpaired) electrons. The van der Waals surface area contributed by atoms with Gasteiger partial charge in [0.05, 0.1) is 24.8 Å². The number of rotatable bonds is 8. The summed E-state index contributed by atoms with van der Waals surface area (Å²) >= 11 is 1.62. The van der Waals surface area contributed by atoms with Gasteiger partial charge in [0, 0.05) is 37.7 Å². The Morgan fingerprint density at radius 1 is 1.45 bits per heavy atom. The Morgan fingerprint density at radius 3 is 2.80 bits per heavy atom. The third-order valence-electron chi connectivity index (χ3n) is 2.67. The van der Waals surface area contributed by atoms with Gasteiger partial charge in [0.2, 0.25) is 0 Å². The summed E-state index contributed by atoms with van der Waals surface area (Å²) in [7, 11) is 1.68. The molecule has 0 atom stereocenters. The van der Waals surface area contributed by atoms with Crippen LogP contribution in [-0.4, -0.2) is 37.3 Å². The number of ether oxygens (including phenoxy) is 1. The SMILES string of the molecule is COCCN(CCC#N)c1nc(CNC(C)(C)C)cs1. The van der Waals surface area contributed by atoms with Crippen LogP contribution in [0.2, 0.25) is 0 Å². The van der Waals surface area contributed by atoms with E-state index in [0.29, 0.717) is 19.6 Å². The van der Waals surface area contributed by atoms with Gasteiger partial charge in [-0.2, -0.15) is 5.26 Å². The van der Waals surface area contributed by atoms with Gasteiger partial charge in [-0.3, -0.25) is 0 Å². The molecular formula is C14H24N4OS. The first kappa shape index (κ1) is 16.9. The number of hydrogen-bond acceptors (Lipinski definition) is 6. The summed E-state index contributed by atoms with van der Waals surface area (Å²) in [6.45, 7) is 9.27. The molecule has 0 aliphatic carbocycles. The van der Waals surface area contributed by atoms with Gasteiger partial charge in [-0.1, -0.05) is 0 Å². The molecule has 1 N–H and O–H groups in total. The van der Waals surface area contributed by atoms with Crippen molar-refractivity contribution in [3.63, 3.8) is 0 Å². The lowest BCUT2D eigenvalue weighted by Crippen LogP contribution is -2.35. The summed E-state index contributed by atoms with van der Waals surface area (Å²) < 4.78 is 5.11. The Labute approximate surface area is 125 Å². The highest BCUT2D eigenvalue weighted by Gasteiger charge is 2.13. The average Bonchev–Trinajstić information content (AvgIpc) is 2.84. The minimum absolute atomic E-state index is 0.0837. The predicted octanol–water partition coefficient (Wildman–Crippen LogP) is 2.40. The zero-order chi connectivity index (χ0) is 15.0. The minimum atomic E-state index is 0.0837. The van der Waals surface area contributed by atoms with Crippen LogP contribution in [0.3, 0.4) is 0 Å². The summed E-state index contributed by atoms with van der Waals surface area (Å²) in [5, 5.41) is 15.2. The highest BCUT2D eigenvalue weighted by Crippen LogP contribution is 2.21. The number of nitrogens with zero attached hydrogens (tertiary/aromatic N) is 3. The second-order valence-corrected chi connectivity index (χ2v) is 6.45. The molecule has 1 heterocycles. The molecule has 0 unspecified atom stereocenters. The maximum Gasteiger partial charge on any atom is 0.185 e. The van der Waals surface area contributed by atoms with Crippen molar-refractivity contribution in [1.29, 1.82) is 5.26 Å². The van der Waals surface area contributed by atoms with E-state index in [0.717, 1.165) is 23.9 Å². The van der Waals surface area contributed by atoms with E-state index in [9.17, 15) is 0 Å². The lowest BCUT2D eigenvalue weighted by molar-refractivity contribution is 0.205. The number of nitriles is 1. The molecule has 0 saturated carbocycles. The molecule has 1 rings (SSSR count). The average molecular weight is 296 g/mol. The molecule has 0 spiro atoms. The molecule has 0 bridgehead atoms. The highest BCUT2D eigenvalue weighted by atomic mass is 32.1. The molecule has 112 valence electrons. The van der Waals surface area contributed by atoms with Crippen molar-refractivity contribution < 1.29 is 4.74 Å². The first-order valence-electron chi connectivity index (χ1n) is 6.76. The highest BCUT2D eigenvalue weighted by molar-refractivity contribution is 7.13. The Balaban J connectivity index is 2.62. The fourth-order valence-corrected chi connectivity index (χ4v) is 2.45. The molecule has 0 aliphatic rings. The molecule has 0 saturated heterocycles. The minimum Gasteiger partial charge on any atom is -0.383 e. The van der Waals surface area contributed by atoms with Crippen LogP contribution >= 0.6 is 11.3 Å². The first-order chi connectivity index (χ1) is 9.46. The molecule has 0 amide bonds. The van der Waals surface area contributed by atoms with Crippen LogP contribution < -0.4 is 10.2 Å². The molecule has 1 aromatic rings. The van der Waals surface area contributed by atoms with Gasteiger partial charge < -0.3 is 15.0 Å². The lowest BCUT2D eigenvalue weighted by Gasteiger charge is -2.20. The van der Waals surface area contributed by atoms with E-state index >= 15 is 0 Å². The maximum absolute atomic E-state index is 8.73. The Morgan fingerprint density at radius 2 is 2.20 bits per heavy atom. The molecule has 6 heteroatoms. The topological polar surface area (TPSA) is 61.2 Å². The van der Waals surface area contributed by atoms with Crippen LogP contribution in [0.15, 0.2) is 5.38 Å². The van der Waals surface area contributed by atoms with Crippen LogP contribution in [0.4, 0.5) is 5.13 Å². The largest absolute Gasteiger partial charge is 0.383 e. The summed E-state index contributed by atoms with van der Waals surface area (Å²) in [6, 6.07) is 2.18. The molecule has 20 heavy (non-hydrogen) atoms. The van der Waals surface area contributed by atoms with E-state index < -0.39 is 0 Å². The van der Waals surface area contributed by atoms with Gasteiger partial charge in [-0.25, -0.2) is 4.98 Å². The standard InChI is InChI=1S/C14H24N4OS/c1-14(2,3)16-10-12-11-20-13(17-12)18(7-5-6-15)8-9-19-4/h11,16H,5,7-10H2,1-4H3. The first-order valence-corrected chi connectivity index (χ1v) is 7.64. The molecule has 1 aromatic heterocycles. The van der Waals surface area contributed by atoms with Gasteiger partial charge in [0.1, 0.15) is 0 Å². The van der Waals surface area contributed by atoms with E-state index in [4.69, 9.17) is 10.00 Å². The number of hydrogen-bond donors (Lipinski definition) is 1. The lowest BCUT2D eigenvalue weighted by atomic mass is 10.1. The van der Waals surface area contributed by atoms with Crippen molar-refractivity contribution in [3.8, 4) is 6.07 Å². The van der Waals surface area contributed by atoms with E-state index in [1.54, 1.807) is 18.4 Å².